The summed E-state index contributed by atoms with van der Waals surface area (Å²) in [5, 5.41) is 10.8. The summed E-state index contributed by atoms with van der Waals surface area (Å²) in [6, 6.07) is 12.3. The summed E-state index contributed by atoms with van der Waals surface area (Å²) in [6.07, 6.45) is 3.58. The first-order valence-electron chi connectivity index (χ1n) is 10.9. The standard InChI is InChI=1S/C22H30N4O5S2/c1-2-19-5-3-4-14-26(19)33(30,31)21-12-8-18(9-13-21)25-22(27)16-24-15-17-6-10-20(11-7-17)32(23,28)29/h6-13,19,24H,2-5,14-16H2,1H3,(H,25,27)(H2,23,28,29). The van der Waals surface area contributed by atoms with Gasteiger partial charge in [0.2, 0.25) is 26.0 Å². The molecule has 33 heavy (non-hydrogen) atoms. The van der Waals surface area contributed by atoms with Gasteiger partial charge in [-0.1, -0.05) is 25.5 Å². The maximum Gasteiger partial charge on any atom is 0.243 e. The molecule has 1 unspecified atom stereocenters. The summed E-state index contributed by atoms with van der Waals surface area (Å²) in [6.45, 7) is 2.94. The van der Waals surface area contributed by atoms with E-state index < -0.39 is 20.0 Å². The highest BCUT2D eigenvalue weighted by Gasteiger charge is 2.32. The highest BCUT2D eigenvalue weighted by molar-refractivity contribution is 7.89. The van der Waals surface area contributed by atoms with Crippen molar-refractivity contribution < 1.29 is 21.6 Å². The third-order valence-corrected chi connectivity index (χ3v) is 8.55. The smallest absolute Gasteiger partial charge is 0.243 e. The molecule has 0 spiro atoms. The maximum atomic E-state index is 13.0. The van der Waals surface area contributed by atoms with Gasteiger partial charge in [0.1, 0.15) is 0 Å². The second-order valence-electron chi connectivity index (χ2n) is 8.04. The molecule has 3 rings (SSSR count). The first kappa shape index (κ1) is 25.3. The number of hydrogen-bond acceptors (Lipinski definition) is 6. The van der Waals surface area contributed by atoms with Gasteiger partial charge in [0.05, 0.1) is 16.3 Å². The minimum Gasteiger partial charge on any atom is -0.325 e. The number of rotatable bonds is 9. The highest BCUT2D eigenvalue weighted by atomic mass is 32.2. The van der Waals surface area contributed by atoms with Crippen molar-refractivity contribution in [1.82, 2.24) is 9.62 Å². The maximum absolute atomic E-state index is 13.0. The van der Waals surface area contributed by atoms with Crippen LogP contribution in [-0.4, -0.2) is 46.2 Å². The topological polar surface area (TPSA) is 139 Å². The Morgan fingerprint density at radius 1 is 1.00 bits per heavy atom. The summed E-state index contributed by atoms with van der Waals surface area (Å²) in [5.74, 6) is -0.283. The largest absolute Gasteiger partial charge is 0.325 e. The van der Waals surface area contributed by atoms with Gasteiger partial charge in [-0.05, 0) is 61.2 Å². The first-order valence-corrected chi connectivity index (χ1v) is 13.8. The highest BCUT2D eigenvalue weighted by Crippen LogP contribution is 2.27. The number of carbonyl (C=O) groups excluding carboxylic acids is 1. The molecule has 1 aliphatic heterocycles. The predicted octanol–water partition coefficient (Wildman–Crippen LogP) is 2.02. The van der Waals surface area contributed by atoms with E-state index in [1.54, 1.807) is 28.6 Å². The minimum absolute atomic E-state index is 0.0277. The van der Waals surface area contributed by atoms with Crippen molar-refractivity contribution in [3.63, 3.8) is 0 Å². The van der Waals surface area contributed by atoms with Crippen molar-refractivity contribution in [2.45, 2.75) is 55.0 Å². The molecule has 9 nitrogen and oxygen atoms in total. The Kier molecular flexibility index (Phi) is 8.24. The second kappa shape index (κ2) is 10.7. The average Bonchev–Trinajstić information content (AvgIpc) is 2.79. The molecule has 4 N–H and O–H groups in total. The molecule has 0 aliphatic carbocycles. The second-order valence-corrected chi connectivity index (χ2v) is 11.5. The molecule has 1 saturated heterocycles. The molecule has 1 amide bonds. The number of hydrogen-bond donors (Lipinski definition) is 3. The third-order valence-electron chi connectivity index (χ3n) is 5.66. The first-order chi connectivity index (χ1) is 15.6. The molecule has 1 aliphatic rings. The molecule has 0 saturated carbocycles. The minimum atomic E-state index is -3.74. The summed E-state index contributed by atoms with van der Waals surface area (Å²) in [5.41, 5.74) is 1.30. The number of amides is 1. The predicted molar refractivity (Wildman–Crippen MR) is 126 cm³/mol. The van der Waals surface area contributed by atoms with Gasteiger partial charge in [0.25, 0.3) is 0 Å². The number of carbonyl (C=O) groups is 1. The molecular formula is C22H30N4O5S2. The fourth-order valence-electron chi connectivity index (χ4n) is 3.87. The van der Waals surface area contributed by atoms with Crippen LogP contribution in [0.2, 0.25) is 0 Å². The molecule has 0 bridgehead atoms. The normalized spacial score (nSPS) is 17.6. The lowest BCUT2D eigenvalue weighted by atomic mass is 10.0. The summed E-state index contributed by atoms with van der Waals surface area (Å²) in [4.78, 5) is 12.5. The molecule has 180 valence electrons. The van der Waals surface area contributed by atoms with Crippen molar-refractivity contribution in [2.75, 3.05) is 18.4 Å². The van der Waals surface area contributed by atoms with Gasteiger partial charge in [-0.2, -0.15) is 4.31 Å². The zero-order valence-corrected chi connectivity index (χ0v) is 20.2. The van der Waals surface area contributed by atoms with E-state index in [0.29, 0.717) is 18.8 Å². The van der Waals surface area contributed by atoms with Crippen LogP contribution in [0, 0.1) is 0 Å². The quantitative estimate of drug-likeness (QED) is 0.487. The number of sulfonamides is 2. The van der Waals surface area contributed by atoms with Crippen molar-refractivity contribution in [3.05, 3.63) is 54.1 Å². The van der Waals surface area contributed by atoms with E-state index >= 15 is 0 Å². The Labute approximate surface area is 195 Å². The zero-order chi connectivity index (χ0) is 24.1. The van der Waals surface area contributed by atoms with E-state index in [1.165, 1.54) is 24.3 Å². The Balaban J connectivity index is 1.52. The Morgan fingerprint density at radius 3 is 2.24 bits per heavy atom. The lowest BCUT2D eigenvalue weighted by Crippen LogP contribution is -2.43. The van der Waals surface area contributed by atoms with Crippen molar-refractivity contribution in [3.8, 4) is 0 Å². The van der Waals surface area contributed by atoms with Gasteiger partial charge in [-0.3, -0.25) is 4.79 Å². The SMILES string of the molecule is CCC1CCCCN1S(=O)(=O)c1ccc(NC(=O)CNCc2ccc(S(N)(=O)=O)cc2)cc1. The number of nitrogens with one attached hydrogen (secondary N) is 2. The van der Waals surface area contributed by atoms with Gasteiger partial charge in [0, 0.05) is 24.8 Å². The van der Waals surface area contributed by atoms with E-state index in [9.17, 15) is 21.6 Å². The lowest BCUT2D eigenvalue weighted by molar-refractivity contribution is -0.115. The van der Waals surface area contributed by atoms with Crippen LogP contribution in [0.1, 0.15) is 38.2 Å². The van der Waals surface area contributed by atoms with Crippen LogP contribution in [0.5, 0.6) is 0 Å². The van der Waals surface area contributed by atoms with E-state index in [4.69, 9.17) is 5.14 Å². The molecular weight excluding hydrogens is 464 g/mol. The van der Waals surface area contributed by atoms with Gasteiger partial charge in [-0.25, -0.2) is 22.0 Å². The molecule has 1 heterocycles. The van der Waals surface area contributed by atoms with E-state index in [0.717, 1.165) is 31.2 Å². The Morgan fingerprint density at radius 2 is 1.64 bits per heavy atom. The van der Waals surface area contributed by atoms with Gasteiger partial charge < -0.3 is 10.6 Å². The summed E-state index contributed by atoms with van der Waals surface area (Å²) in [7, 11) is -7.30. The van der Waals surface area contributed by atoms with E-state index in [-0.39, 0.29) is 28.3 Å². The molecule has 1 fully saturated rings. The average molecular weight is 495 g/mol. The number of anilines is 1. The lowest BCUT2D eigenvalue weighted by Gasteiger charge is -2.34. The summed E-state index contributed by atoms with van der Waals surface area (Å²) < 4.78 is 50.2. The molecule has 2 aromatic rings. The van der Waals surface area contributed by atoms with Crippen LogP contribution in [0.25, 0.3) is 0 Å². The van der Waals surface area contributed by atoms with Crippen LogP contribution >= 0.6 is 0 Å². The van der Waals surface area contributed by atoms with Crippen LogP contribution < -0.4 is 15.8 Å². The number of benzene rings is 2. The van der Waals surface area contributed by atoms with Crippen molar-refractivity contribution >= 4 is 31.6 Å². The molecule has 0 aromatic heterocycles. The van der Waals surface area contributed by atoms with Crippen LogP contribution in [0.3, 0.4) is 0 Å². The van der Waals surface area contributed by atoms with Gasteiger partial charge in [0.15, 0.2) is 0 Å². The molecule has 11 heteroatoms. The van der Waals surface area contributed by atoms with Crippen LogP contribution in [0.4, 0.5) is 5.69 Å². The number of piperidine rings is 1. The van der Waals surface area contributed by atoms with Crippen molar-refractivity contribution in [2.24, 2.45) is 5.14 Å². The number of nitrogens with two attached hydrogens (primary N) is 1. The zero-order valence-electron chi connectivity index (χ0n) is 18.5. The van der Waals surface area contributed by atoms with Crippen molar-refractivity contribution in [1.29, 1.82) is 0 Å². The monoisotopic (exact) mass is 494 g/mol. The molecule has 2 aromatic carbocycles. The fourth-order valence-corrected chi connectivity index (χ4v) is 6.15. The third kappa shape index (κ3) is 6.61. The van der Waals surface area contributed by atoms with Gasteiger partial charge in [-0.15, -0.1) is 0 Å². The van der Waals surface area contributed by atoms with Crippen LogP contribution in [0.15, 0.2) is 58.3 Å². The van der Waals surface area contributed by atoms with Gasteiger partial charge >= 0.3 is 0 Å². The van der Waals surface area contributed by atoms with E-state index in [2.05, 4.69) is 10.6 Å². The number of primary sulfonamides is 1. The molecule has 1 atom stereocenters. The Bertz CT molecular complexity index is 1160. The fraction of sp³-hybridized carbons (Fsp3) is 0.409. The Hall–Kier alpha value is -2.31. The summed E-state index contributed by atoms with van der Waals surface area (Å²) >= 11 is 0. The molecule has 0 radical (unpaired) electrons. The number of nitrogens with zero attached hydrogens (tertiary/aromatic N) is 1. The van der Waals surface area contributed by atoms with E-state index in [1.807, 2.05) is 6.92 Å². The van der Waals surface area contributed by atoms with Crippen LogP contribution in [-0.2, 0) is 31.4 Å².